The fourth-order valence-corrected chi connectivity index (χ4v) is 5.13. The number of ketones is 2. The predicted octanol–water partition coefficient (Wildman–Crippen LogP) is 4.33. The maximum atomic E-state index is 13.4. The molecule has 44 heavy (non-hydrogen) atoms. The van der Waals surface area contributed by atoms with Gasteiger partial charge in [-0.05, 0) is 32.6 Å². The third-order valence-corrected chi connectivity index (χ3v) is 7.92. The van der Waals surface area contributed by atoms with Crippen LogP contribution in [0.3, 0.4) is 0 Å². The molecule has 0 aromatic rings. The zero-order valence-electron chi connectivity index (χ0n) is 27.8. The number of guanidine groups is 1. The maximum Gasteiger partial charge on any atom is 0.224 e. The molecule has 0 saturated carbocycles. The van der Waals surface area contributed by atoms with Crippen LogP contribution in [0.5, 0.6) is 0 Å². The number of nitrogens with zero attached hydrogens (tertiary/aromatic N) is 1. The summed E-state index contributed by atoms with van der Waals surface area (Å²) in [6.07, 6.45) is 16.8. The van der Waals surface area contributed by atoms with Crippen LogP contribution < -0.4 is 27.8 Å². The first-order valence-electron chi connectivity index (χ1n) is 17.0. The van der Waals surface area contributed by atoms with Gasteiger partial charge in [-0.2, -0.15) is 0 Å². The van der Waals surface area contributed by atoms with Crippen LogP contribution in [0.25, 0.3) is 0 Å². The number of nitrogens with one attached hydrogen (secondary N) is 2. The highest BCUT2D eigenvalue weighted by Gasteiger charge is 2.29. The Morgan fingerprint density at radius 2 is 1.20 bits per heavy atom. The van der Waals surface area contributed by atoms with Gasteiger partial charge in [0.1, 0.15) is 0 Å². The molecule has 11 nitrogen and oxygen atoms in total. The van der Waals surface area contributed by atoms with E-state index in [1.54, 1.807) is 13.8 Å². The first-order valence-corrected chi connectivity index (χ1v) is 17.0. The largest absolute Gasteiger partial charge is 0.370 e. The Hall–Kier alpha value is -2.98. The number of rotatable bonds is 29. The van der Waals surface area contributed by atoms with Gasteiger partial charge in [0.25, 0.3) is 0 Å². The zero-order valence-corrected chi connectivity index (χ0v) is 27.8. The van der Waals surface area contributed by atoms with Crippen LogP contribution >= 0.6 is 0 Å². The first kappa shape index (κ1) is 41.0. The van der Waals surface area contributed by atoms with E-state index in [0.29, 0.717) is 25.8 Å². The average molecular weight is 623 g/mol. The normalized spacial score (nSPS) is 13.0. The van der Waals surface area contributed by atoms with Crippen molar-refractivity contribution in [2.75, 3.05) is 6.54 Å². The highest BCUT2D eigenvalue weighted by atomic mass is 16.2. The van der Waals surface area contributed by atoms with Gasteiger partial charge < -0.3 is 27.8 Å². The lowest BCUT2D eigenvalue weighted by Crippen LogP contribution is -2.45. The van der Waals surface area contributed by atoms with E-state index in [2.05, 4.69) is 22.5 Å². The van der Waals surface area contributed by atoms with E-state index < -0.39 is 29.8 Å². The standard InChI is InChI=1S/C33H62N6O5/c1-4-6-7-8-9-10-11-12-13-14-15-16-17-20-31(43)39-27(19-18-23-37-33(35)36)29(41)24-26(21-22-30(34)42)32(44)38-25(3)28(40)5-2/h25-27H,4-24H2,1-3H3,(H2,34,42)(H,38,44)(H,39,43)(H4,35,36,37)/t25-,26+,27-/m0/s1. The quantitative estimate of drug-likeness (QED) is 0.0464. The molecule has 0 radical (unpaired) electrons. The van der Waals surface area contributed by atoms with Gasteiger partial charge in [0.15, 0.2) is 17.5 Å². The summed E-state index contributed by atoms with van der Waals surface area (Å²) in [5, 5.41) is 5.50. The summed E-state index contributed by atoms with van der Waals surface area (Å²) in [6.45, 7) is 5.82. The molecule has 0 saturated heterocycles. The van der Waals surface area contributed by atoms with Crippen molar-refractivity contribution in [3.63, 3.8) is 0 Å². The van der Waals surface area contributed by atoms with E-state index in [-0.39, 0.29) is 49.1 Å². The molecule has 0 aliphatic carbocycles. The number of aliphatic imine (C=N–C) groups is 1. The van der Waals surface area contributed by atoms with E-state index in [0.717, 1.165) is 19.3 Å². The van der Waals surface area contributed by atoms with Crippen molar-refractivity contribution in [3.8, 4) is 0 Å². The van der Waals surface area contributed by atoms with Crippen molar-refractivity contribution in [1.82, 2.24) is 10.6 Å². The summed E-state index contributed by atoms with van der Waals surface area (Å²) in [4.78, 5) is 66.5. The summed E-state index contributed by atoms with van der Waals surface area (Å²) in [6, 6.07) is -1.54. The summed E-state index contributed by atoms with van der Waals surface area (Å²) in [7, 11) is 0. The molecule has 0 aliphatic rings. The molecule has 0 unspecified atom stereocenters. The zero-order chi connectivity index (χ0) is 33.2. The van der Waals surface area contributed by atoms with Crippen LogP contribution in [-0.4, -0.2) is 53.9 Å². The maximum absolute atomic E-state index is 13.4. The van der Waals surface area contributed by atoms with E-state index in [9.17, 15) is 24.0 Å². The second kappa shape index (κ2) is 26.4. The molecule has 8 N–H and O–H groups in total. The fourth-order valence-electron chi connectivity index (χ4n) is 5.13. The van der Waals surface area contributed by atoms with Crippen LogP contribution in [0.2, 0.25) is 0 Å². The molecule has 0 aromatic carbocycles. The van der Waals surface area contributed by atoms with E-state index in [1.807, 2.05) is 0 Å². The summed E-state index contributed by atoms with van der Waals surface area (Å²) < 4.78 is 0. The van der Waals surface area contributed by atoms with Crippen molar-refractivity contribution in [1.29, 1.82) is 0 Å². The molecule has 0 heterocycles. The van der Waals surface area contributed by atoms with Crippen molar-refractivity contribution in [2.24, 2.45) is 28.1 Å². The number of Topliss-reactive ketones (excluding diaryl/α,β-unsaturated/α-hetero) is 2. The van der Waals surface area contributed by atoms with Gasteiger partial charge in [-0.25, -0.2) is 0 Å². The molecule has 0 spiro atoms. The van der Waals surface area contributed by atoms with E-state index in [1.165, 1.54) is 64.2 Å². The lowest BCUT2D eigenvalue weighted by molar-refractivity contribution is -0.134. The molecule has 0 bridgehead atoms. The SMILES string of the molecule is CCCCCCCCCCCCCCCC(=O)N[C@@H](CCCN=C(N)N)C(=O)C[C@@H](CCC(N)=O)C(=O)N[C@@H](C)C(=O)CC. The molecule has 11 heteroatoms. The van der Waals surface area contributed by atoms with Gasteiger partial charge in [0.05, 0.1) is 12.1 Å². The molecular formula is C33H62N6O5. The van der Waals surface area contributed by atoms with Gasteiger partial charge in [-0.15, -0.1) is 0 Å². The van der Waals surface area contributed by atoms with Gasteiger partial charge in [0.2, 0.25) is 17.7 Å². The molecule has 0 aliphatic heterocycles. The second-order valence-corrected chi connectivity index (χ2v) is 12.0. The van der Waals surface area contributed by atoms with Crippen LogP contribution in [0, 0.1) is 5.92 Å². The number of hydrogen-bond acceptors (Lipinski definition) is 6. The van der Waals surface area contributed by atoms with Gasteiger partial charge in [-0.3, -0.25) is 29.0 Å². The Morgan fingerprint density at radius 3 is 1.70 bits per heavy atom. The Kier molecular flexibility index (Phi) is 24.6. The molecule has 3 amide bonds. The van der Waals surface area contributed by atoms with Crippen molar-refractivity contribution < 1.29 is 24.0 Å². The summed E-state index contributed by atoms with van der Waals surface area (Å²) in [5.74, 6) is -2.68. The third kappa shape index (κ3) is 22.5. The van der Waals surface area contributed by atoms with Crippen LogP contribution in [0.15, 0.2) is 4.99 Å². The number of amides is 3. The first-order chi connectivity index (χ1) is 21.0. The predicted molar refractivity (Wildman–Crippen MR) is 177 cm³/mol. The molecule has 0 aromatic heterocycles. The minimum Gasteiger partial charge on any atom is -0.370 e. The average Bonchev–Trinajstić information content (AvgIpc) is 2.98. The fraction of sp³-hybridized carbons (Fsp3) is 0.818. The van der Waals surface area contributed by atoms with E-state index in [4.69, 9.17) is 17.2 Å². The lowest BCUT2D eigenvalue weighted by Gasteiger charge is -2.22. The number of carbonyl (C=O) groups is 5. The Morgan fingerprint density at radius 1 is 0.659 bits per heavy atom. The van der Waals surface area contributed by atoms with Crippen molar-refractivity contribution >= 4 is 35.2 Å². The molecule has 0 fully saturated rings. The molecule has 3 atom stereocenters. The van der Waals surface area contributed by atoms with E-state index >= 15 is 0 Å². The Labute approximate surface area is 265 Å². The molecular weight excluding hydrogens is 560 g/mol. The third-order valence-electron chi connectivity index (χ3n) is 7.92. The van der Waals surface area contributed by atoms with Gasteiger partial charge >= 0.3 is 0 Å². The summed E-state index contributed by atoms with van der Waals surface area (Å²) >= 11 is 0. The molecule has 0 rings (SSSR count). The number of nitrogens with two attached hydrogens (primary N) is 3. The Bertz CT molecular complexity index is 875. The molecule has 254 valence electrons. The smallest absolute Gasteiger partial charge is 0.224 e. The lowest BCUT2D eigenvalue weighted by atomic mass is 9.91. The minimum absolute atomic E-state index is 0.0572. The summed E-state index contributed by atoms with van der Waals surface area (Å²) in [5.41, 5.74) is 16.1. The minimum atomic E-state index is -0.861. The highest BCUT2D eigenvalue weighted by Crippen LogP contribution is 2.17. The monoisotopic (exact) mass is 622 g/mol. The second-order valence-electron chi connectivity index (χ2n) is 12.0. The van der Waals surface area contributed by atoms with Crippen LogP contribution in [0.4, 0.5) is 0 Å². The Balaban J connectivity index is 4.87. The van der Waals surface area contributed by atoms with Crippen LogP contribution in [0.1, 0.15) is 149 Å². The van der Waals surface area contributed by atoms with Crippen molar-refractivity contribution in [2.45, 2.75) is 161 Å². The van der Waals surface area contributed by atoms with Crippen molar-refractivity contribution in [3.05, 3.63) is 0 Å². The van der Waals surface area contributed by atoms with Crippen LogP contribution in [-0.2, 0) is 24.0 Å². The highest BCUT2D eigenvalue weighted by molar-refractivity contribution is 5.94. The topological polar surface area (TPSA) is 200 Å². The van der Waals surface area contributed by atoms with Gasteiger partial charge in [0, 0.05) is 38.1 Å². The number of primary amides is 1. The number of hydrogen-bond donors (Lipinski definition) is 5. The number of carbonyl (C=O) groups excluding carboxylic acids is 5. The number of unbranched alkanes of at least 4 members (excludes halogenated alkanes) is 12. The van der Waals surface area contributed by atoms with Gasteiger partial charge in [-0.1, -0.05) is 90.9 Å².